The summed E-state index contributed by atoms with van der Waals surface area (Å²) in [6.45, 7) is 12.5. The second-order valence-electron chi connectivity index (χ2n) is 5.81. The zero-order valence-electron chi connectivity index (χ0n) is 12.7. The summed E-state index contributed by atoms with van der Waals surface area (Å²) in [7, 11) is 0. The number of hydrogen-bond acceptors (Lipinski definition) is 5. The summed E-state index contributed by atoms with van der Waals surface area (Å²) in [5, 5.41) is 8.58. The van der Waals surface area contributed by atoms with Crippen LogP contribution in [0.25, 0.3) is 0 Å². The molecule has 3 rings (SSSR count). The van der Waals surface area contributed by atoms with Gasteiger partial charge >= 0.3 is 0 Å². The average molecular weight is 291 g/mol. The minimum Gasteiger partial charge on any atom is -0.369 e. The Morgan fingerprint density at radius 2 is 1.86 bits per heavy atom. The molecule has 0 aliphatic carbocycles. The number of ether oxygens (including phenoxy) is 1. The van der Waals surface area contributed by atoms with E-state index in [4.69, 9.17) is 4.74 Å². The van der Waals surface area contributed by atoms with E-state index in [1.165, 1.54) is 32.5 Å². The zero-order chi connectivity index (χ0) is 14.5. The Kier molecular flexibility index (Phi) is 5.00. The van der Waals surface area contributed by atoms with Crippen molar-refractivity contribution < 1.29 is 4.74 Å². The molecule has 2 aliphatic rings. The van der Waals surface area contributed by atoms with E-state index in [2.05, 4.69) is 31.1 Å². The molecule has 0 N–H and O–H groups in total. The summed E-state index contributed by atoms with van der Waals surface area (Å²) >= 11 is 0. The van der Waals surface area contributed by atoms with E-state index >= 15 is 0 Å². The second-order valence-corrected chi connectivity index (χ2v) is 5.81. The molecule has 3 heterocycles. The SMILES string of the molecule is C=CCOCc1nnc2n1CCN(CCN1CCCC1)C2. The molecule has 1 aromatic rings. The lowest BCUT2D eigenvalue weighted by molar-refractivity contribution is 0.134. The molecule has 0 saturated carbocycles. The van der Waals surface area contributed by atoms with Crippen molar-refractivity contribution in [3.8, 4) is 0 Å². The van der Waals surface area contributed by atoms with Crippen LogP contribution in [0.3, 0.4) is 0 Å². The lowest BCUT2D eigenvalue weighted by atomic mass is 10.3. The quantitative estimate of drug-likeness (QED) is 0.551. The van der Waals surface area contributed by atoms with E-state index in [1.807, 2.05) is 0 Å². The van der Waals surface area contributed by atoms with E-state index in [0.717, 1.165) is 37.8 Å². The lowest BCUT2D eigenvalue weighted by Crippen LogP contribution is -2.39. The molecule has 6 nitrogen and oxygen atoms in total. The number of fused-ring (bicyclic) bond motifs is 1. The van der Waals surface area contributed by atoms with Gasteiger partial charge in [-0.25, -0.2) is 0 Å². The minimum absolute atomic E-state index is 0.521. The van der Waals surface area contributed by atoms with Crippen molar-refractivity contribution in [2.75, 3.05) is 39.3 Å². The van der Waals surface area contributed by atoms with Crippen LogP contribution in [-0.4, -0.2) is 63.9 Å². The van der Waals surface area contributed by atoms with Crippen LogP contribution in [0.2, 0.25) is 0 Å². The average Bonchev–Trinajstić information content (AvgIpc) is 3.15. The van der Waals surface area contributed by atoms with Crippen molar-refractivity contribution in [2.45, 2.75) is 32.5 Å². The minimum atomic E-state index is 0.521. The van der Waals surface area contributed by atoms with Crippen molar-refractivity contribution in [3.63, 3.8) is 0 Å². The van der Waals surface area contributed by atoms with Crippen LogP contribution in [0.4, 0.5) is 0 Å². The molecule has 0 atom stereocenters. The molecule has 0 spiro atoms. The van der Waals surface area contributed by atoms with Gasteiger partial charge < -0.3 is 14.2 Å². The third-order valence-electron chi connectivity index (χ3n) is 4.31. The van der Waals surface area contributed by atoms with Crippen LogP contribution in [0.15, 0.2) is 12.7 Å². The first kappa shape index (κ1) is 14.7. The van der Waals surface area contributed by atoms with Crippen molar-refractivity contribution >= 4 is 0 Å². The van der Waals surface area contributed by atoms with Gasteiger partial charge in [-0.2, -0.15) is 0 Å². The Hall–Kier alpha value is -1.24. The normalized spacial score (nSPS) is 19.8. The summed E-state index contributed by atoms with van der Waals surface area (Å²) in [5.74, 6) is 2.01. The maximum Gasteiger partial charge on any atom is 0.159 e. The molecule has 0 aromatic carbocycles. The molecule has 21 heavy (non-hydrogen) atoms. The Balaban J connectivity index is 1.49. The Morgan fingerprint density at radius 3 is 2.67 bits per heavy atom. The molecule has 6 heteroatoms. The van der Waals surface area contributed by atoms with Gasteiger partial charge in [0.2, 0.25) is 0 Å². The van der Waals surface area contributed by atoms with Crippen LogP contribution in [-0.2, 0) is 24.4 Å². The maximum atomic E-state index is 5.47. The smallest absolute Gasteiger partial charge is 0.159 e. The third-order valence-corrected chi connectivity index (χ3v) is 4.31. The monoisotopic (exact) mass is 291 g/mol. The van der Waals surface area contributed by atoms with E-state index in [1.54, 1.807) is 6.08 Å². The highest BCUT2D eigenvalue weighted by atomic mass is 16.5. The summed E-state index contributed by atoms with van der Waals surface area (Å²) < 4.78 is 7.68. The van der Waals surface area contributed by atoms with Gasteiger partial charge in [-0.15, -0.1) is 16.8 Å². The Morgan fingerprint density at radius 1 is 1.05 bits per heavy atom. The van der Waals surface area contributed by atoms with Gasteiger partial charge in [0, 0.05) is 26.2 Å². The van der Waals surface area contributed by atoms with Crippen molar-refractivity contribution in [1.82, 2.24) is 24.6 Å². The fraction of sp³-hybridized carbons (Fsp3) is 0.733. The molecule has 116 valence electrons. The molecule has 1 aromatic heterocycles. The van der Waals surface area contributed by atoms with Crippen LogP contribution in [0.5, 0.6) is 0 Å². The lowest BCUT2D eigenvalue weighted by Gasteiger charge is -2.29. The first-order chi connectivity index (χ1) is 10.4. The van der Waals surface area contributed by atoms with Crippen LogP contribution in [0.1, 0.15) is 24.5 Å². The maximum absolute atomic E-state index is 5.47. The van der Waals surface area contributed by atoms with E-state index < -0.39 is 0 Å². The molecule has 0 radical (unpaired) electrons. The predicted molar refractivity (Wildman–Crippen MR) is 80.8 cm³/mol. The molecule has 2 aliphatic heterocycles. The Labute approximate surface area is 126 Å². The number of likely N-dealkylation sites (tertiary alicyclic amines) is 1. The van der Waals surface area contributed by atoms with Gasteiger partial charge in [0.05, 0.1) is 13.2 Å². The van der Waals surface area contributed by atoms with Crippen LogP contribution < -0.4 is 0 Å². The van der Waals surface area contributed by atoms with E-state index in [-0.39, 0.29) is 0 Å². The fourth-order valence-electron chi connectivity index (χ4n) is 3.09. The molecular formula is C15H25N5O. The van der Waals surface area contributed by atoms with Gasteiger partial charge in [0.1, 0.15) is 12.4 Å². The van der Waals surface area contributed by atoms with Gasteiger partial charge in [0.25, 0.3) is 0 Å². The number of aromatic nitrogens is 3. The van der Waals surface area contributed by atoms with Gasteiger partial charge in [-0.05, 0) is 25.9 Å². The third kappa shape index (κ3) is 3.70. The van der Waals surface area contributed by atoms with Crippen LogP contribution in [0, 0.1) is 0 Å². The molecule has 0 bridgehead atoms. The Bertz CT molecular complexity index is 467. The second kappa shape index (κ2) is 7.15. The predicted octanol–water partition coefficient (Wildman–Crippen LogP) is 0.892. The van der Waals surface area contributed by atoms with Crippen molar-refractivity contribution in [2.24, 2.45) is 0 Å². The topological polar surface area (TPSA) is 46.4 Å². The van der Waals surface area contributed by atoms with Crippen LogP contribution >= 0.6 is 0 Å². The highest BCUT2D eigenvalue weighted by Crippen LogP contribution is 2.14. The number of nitrogens with zero attached hydrogens (tertiary/aromatic N) is 5. The summed E-state index contributed by atoms with van der Waals surface area (Å²) in [4.78, 5) is 5.05. The first-order valence-electron chi connectivity index (χ1n) is 7.91. The molecular weight excluding hydrogens is 266 g/mol. The standard InChI is InChI=1S/C15H25N5O/c1-2-11-21-13-15-17-16-14-12-19(9-10-20(14)15)8-7-18-5-3-4-6-18/h2H,1,3-13H2. The fourth-order valence-corrected chi connectivity index (χ4v) is 3.09. The van der Waals surface area contributed by atoms with E-state index in [9.17, 15) is 0 Å². The highest BCUT2D eigenvalue weighted by Gasteiger charge is 2.21. The molecule has 0 amide bonds. The largest absolute Gasteiger partial charge is 0.369 e. The van der Waals surface area contributed by atoms with Gasteiger partial charge in [0.15, 0.2) is 5.82 Å². The van der Waals surface area contributed by atoms with Crippen molar-refractivity contribution in [3.05, 3.63) is 24.3 Å². The van der Waals surface area contributed by atoms with Crippen molar-refractivity contribution in [1.29, 1.82) is 0 Å². The van der Waals surface area contributed by atoms with Gasteiger partial charge in [-0.1, -0.05) is 6.08 Å². The summed E-state index contributed by atoms with van der Waals surface area (Å²) in [6.07, 6.45) is 4.48. The molecule has 1 saturated heterocycles. The summed E-state index contributed by atoms with van der Waals surface area (Å²) in [5.41, 5.74) is 0. The zero-order valence-corrected chi connectivity index (χ0v) is 12.7. The number of hydrogen-bond donors (Lipinski definition) is 0. The number of rotatable bonds is 7. The first-order valence-corrected chi connectivity index (χ1v) is 7.91. The summed E-state index contributed by atoms with van der Waals surface area (Å²) in [6, 6.07) is 0. The van der Waals surface area contributed by atoms with E-state index in [0.29, 0.717) is 13.2 Å². The van der Waals surface area contributed by atoms with Gasteiger partial charge in [-0.3, -0.25) is 4.90 Å². The molecule has 1 fully saturated rings. The molecule has 0 unspecified atom stereocenters. The highest BCUT2D eigenvalue weighted by molar-refractivity contribution is 4.98.